The molecule has 0 fully saturated rings. The zero-order valence-electron chi connectivity index (χ0n) is 15.1. The van der Waals surface area contributed by atoms with E-state index in [0.29, 0.717) is 22.7 Å². The summed E-state index contributed by atoms with van der Waals surface area (Å²) in [5.74, 6) is 0.598. The molecule has 0 aliphatic heterocycles. The Morgan fingerprint density at radius 3 is 2.42 bits per heavy atom. The Hall–Kier alpha value is -2.58. The van der Waals surface area contributed by atoms with Crippen molar-refractivity contribution in [3.63, 3.8) is 0 Å². The van der Waals surface area contributed by atoms with Gasteiger partial charge in [0.2, 0.25) is 10.0 Å². The maximum Gasteiger partial charge on any atom is 0.256 e. The van der Waals surface area contributed by atoms with E-state index < -0.39 is 15.9 Å². The third-order valence-corrected chi connectivity index (χ3v) is 5.30. The Morgan fingerprint density at radius 1 is 1.08 bits per heavy atom. The average Bonchev–Trinajstić information content (AvgIpc) is 2.62. The van der Waals surface area contributed by atoms with Gasteiger partial charge >= 0.3 is 0 Å². The molecular formula is C18H22N2O5S. The number of amides is 1. The van der Waals surface area contributed by atoms with Gasteiger partial charge in [-0.25, -0.2) is 13.1 Å². The second-order valence-electron chi connectivity index (χ2n) is 5.50. The van der Waals surface area contributed by atoms with Crippen LogP contribution in [-0.4, -0.2) is 35.1 Å². The molecule has 0 saturated carbocycles. The summed E-state index contributed by atoms with van der Waals surface area (Å²) in [5.41, 5.74) is 1.38. The van der Waals surface area contributed by atoms with Crippen LogP contribution in [0.2, 0.25) is 0 Å². The normalized spacial score (nSPS) is 11.1. The van der Waals surface area contributed by atoms with Gasteiger partial charge in [0.15, 0.2) is 0 Å². The van der Waals surface area contributed by atoms with Crippen LogP contribution in [0.5, 0.6) is 11.5 Å². The molecule has 26 heavy (non-hydrogen) atoms. The molecule has 1 amide bonds. The number of sulfonamides is 1. The van der Waals surface area contributed by atoms with Crippen molar-refractivity contribution >= 4 is 21.6 Å². The highest BCUT2D eigenvalue weighted by Gasteiger charge is 2.18. The number of anilines is 1. The Balaban J connectivity index is 2.36. The van der Waals surface area contributed by atoms with Crippen LogP contribution >= 0.6 is 0 Å². The highest BCUT2D eigenvalue weighted by molar-refractivity contribution is 7.89. The van der Waals surface area contributed by atoms with Gasteiger partial charge < -0.3 is 14.8 Å². The Bertz CT molecular complexity index is 910. The quantitative estimate of drug-likeness (QED) is 0.772. The molecule has 0 spiro atoms. The third kappa shape index (κ3) is 4.33. The Morgan fingerprint density at radius 2 is 1.81 bits per heavy atom. The molecule has 0 aromatic heterocycles. The molecule has 0 bridgehead atoms. The summed E-state index contributed by atoms with van der Waals surface area (Å²) < 4.78 is 37.1. The van der Waals surface area contributed by atoms with Crippen molar-refractivity contribution in [1.29, 1.82) is 0 Å². The number of methoxy groups -OCH3 is 2. The molecular weight excluding hydrogens is 356 g/mol. The lowest BCUT2D eigenvalue weighted by atomic mass is 10.1. The fourth-order valence-corrected chi connectivity index (χ4v) is 3.44. The van der Waals surface area contributed by atoms with Crippen molar-refractivity contribution in [1.82, 2.24) is 4.72 Å². The maximum absolute atomic E-state index is 12.7. The second kappa shape index (κ2) is 8.20. The molecule has 0 aliphatic rings. The SMILES string of the molecule is CCNS(=O)(=O)c1ccc(C)c(C(=O)Nc2ccc(OC)cc2OC)c1. The van der Waals surface area contributed by atoms with Gasteiger partial charge in [-0.05, 0) is 36.8 Å². The van der Waals surface area contributed by atoms with Gasteiger partial charge in [0.05, 0.1) is 24.8 Å². The standard InChI is InChI=1S/C18H22N2O5S/c1-5-19-26(22,23)14-8-6-12(2)15(11-14)18(21)20-16-9-7-13(24-3)10-17(16)25-4/h6-11,19H,5H2,1-4H3,(H,20,21). The van der Waals surface area contributed by atoms with Crippen molar-refractivity contribution < 1.29 is 22.7 Å². The summed E-state index contributed by atoms with van der Waals surface area (Å²) in [6.07, 6.45) is 0. The first kappa shape index (κ1) is 19.7. The first-order chi connectivity index (χ1) is 12.3. The summed E-state index contributed by atoms with van der Waals surface area (Å²) >= 11 is 0. The van der Waals surface area contributed by atoms with Crippen LogP contribution in [0.25, 0.3) is 0 Å². The average molecular weight is 378 g/mol. The minimum Gasteiger partial charge on any atom is -0.497 e. The molecule has 0 aliphatic carbocycles. The number of rotatable bonds is 7. The van der Waals surface area contributed by atoms with Gasteiger partial charge in [0.25, 0.3) is 5.91 Å². The highest BCUT2D eigenvalue weighted by Crippen LogP contribution is 2.29. The number of ether oxygens (including phenoxy) is 2. The van der Waals surface area contributed by atoms with E-state index in [4.69, 9.17) is 9.47 Å². The fraction of sp³-hybridized carbons (Fsp3) is 0.278. The van der Waals surface area contributed by atoms with Gasteiger partial charge in [-0.2, -0.15) is 0 Å². The molecule has 0 heterocycles. The van der Waals surface area contributed by atoms with Crippen molar-refractivity contribution in [3.05, 3.63) is 47.5 Å². The predicted molar refractivity (Wildman–Crippen MR) is 99.5 cm³/mol. The number of carbonyl (C=O) groups excluding carboxylic acids is 1. The molecule has 8 heteroatoms. The van der Waals surface area contributed by atoms with Crippen LogP contribution in [-0.2, 0) is 10.0 Å². The number of carbonyl (C=O) groups is 1. The zero-order valence-corrected chi connectivity index (χ0v) is 15.9. The van der Waals surface area contributed by atoms with E-state index in [0.717, 1.165) is 0 Å². The topological polar surface area (TPSA) is 93.7 Å². The van der Waals surface area contributed by atoms with Crippen molar-refractivity contribution in [2.45, 2.75) is 18.7 Å². The van der Waals surface area contributed by atoms with E-state index in [1.54, 1.807) is 38.1 Å². The summed E-state index contributed by atoms with van der Waals surface area (Å²) in [7, 11) is -0.629. The lowest BCUT2D eigenvalue weighted by Gasteiger charge is -2.13. The summed E-state index contributed by atoms with van der Waals surface area (Å²) in [6.45, 7) is 3.69. The lowest BCUT2D eigenvalue weighted by Crippen LogP contribution is -2.24. The molecule has 0 unspecified atom stereocenters. The Labute approximate surface area is 153 Å². The number of nitrogens with one attached hydrogen (secondary N) is 2. The molecule has 140 valence electrons. The van der Waals surface area contributed by atoms with Crippen LogP contribution in [0, 0.1) is 6.92 Å². The summed E-state index contributed by atoms with van der Waals surface area (Å²) in [4.78, 5) is 12.7. The Kier molecular flexibility index (Phi) is 6.23. The number of aryl methyl sites for hydroxylation is 1. The van der Waals surface area contributed by atoms with Crippen LogP contribution in [0.1, 0.15) is 22.8 Å². The van der Waals surface area contributed by atoms with E-state index in [1.165, 1.54) is 26.4 Å². The van der Waals surface area contributed by atoms with Crippen molar-refractivity contribution in [3.8, 4) is 11.5 Å². The van der Waals surface area contributed by atoms with Gasteiger partial charge in [0.1, 0.15) is 11.5 Å². The van der Waals surface area contributed by atoms with Crippen molar-refractivity contribution in [2.75, 3.05) is 26.1 Å². The van der Waals surface area contributed by atoms with E-state index in [2.05, 4.69) is 10.0 Å². The minimum atomic E-state index is -3.65. The van der Waals surface area contributed by atoms with Crippen molar-refractivity contribution in [2.24, 2.45) is 0 Å². The monoisotopic (exact) mass is 378 g/mol. The molecule has 2 N–H and O–H groups in total. The number of hydrogen-bond acceptors (Lipinski definition) is 5. The minimum absolute atomic E-state index is 0.0387. The first-order valence-electron chi connectivity index (χ1n) is 7.96. The summed E-state index contributed by atoms with van der Waals surface area (Å²) in [6, 6.07) is 9.43. The second-order valence-corrected chi connectivity index (χ2v) is 7.27. The maximum atomic E-state index is 12.7. The number of hydrogen-bond donors (Lipinski definition) is 2. The molecule has 7 nitrogen and oxygen atoms in total. The zero-order chi connectivity index (χ0) is 19.3. The molecule has 2 aromatic carbocycles. The molecule has 2 aromatic rings. The van der Waals surface area contributed by atoms with Gasteiger partial charge in [-0.1, -0.05) is 13.0 Å². The predicted octanol–water partition coefficient (Wildman–Crippen LogP) is 2.56. The van der Waals surface area contributed by atoms with Gasteiger partial charge in [0, 0.05) is 18.2 Å². The van der Waals surface area contributed by atoms with Crippen LogP contribution in [0.4, 0.5) is 5.69 Å². The molecule has 0 atom stereocenters. The first-order valence-corrected chi connectivity index (χ1v) is 9.44. The van der Waals surface area contributed by atoms with E-state index in [9.17, 15) is 13.2 Å². The van der Waals surface area contributed by atoms with Crippen LogP contribution in [0.3, 0.4) is 0 Å². The number of benzene rings is 2. The van der Waals surface area contributed by atoms with Crippen LogP contribution < -0.4 is 19.5 Å². The largest absolute Gasteiger partial charge is 0.497 e. The highest BCUT2D eigenvalue weighted by atomic mass is 32.2. The third-order valence-electron chi connectivity index (χ3n) is 3.76. The molecule has 0 saturated heterocycles. The molecule has 2 rings (SSSR count). The molecule has 0 radical (unpaired) electrons. The smallest absolute Gasteiger partial charge is 0.256 e. The van der Waals surface area contributed by atoms with E-state index in [-0.39, 0.29) is 17.0 Å². The van der Waals surface area contributed by atoms with Gasteiger partial charge in [-0.3, -0.25) is 4.79 Å². The van der Waals surface area contributed by atoms with E-state index in [1.807, 2.05) is 0 Å². The lowest BCUT2D eigenvalue weighted by molar-refractivity contribution is 0.102. The summed E-state index contributed by atoms with van der Waals surface area (Å²) in [5, 5.41) is 2.75. The van der Waals surface area contributed by atoms with Crippen LogP contribution in [0.15, 0.2) is 41.3 Å². The van der Waals surface area contributed by atoms with Gasteiger partial charge in [-0.15, -0.1) is 0 Å². The van der Waals surface area contributed by atoms with E-state index >= 15 is 0 Å². The fourth-order valence-electron chi connectivity index (χ4n) is 2.38.